The summed E-state index contributed by atoms with van der Waals surface area (Å²) in [6.45, 7) is 3.69. The van der Waals surface area contributed by atoms with Gasteiger partial charge in [-0.2, -0.15) is 0 Å². The Balaban J connectivity index is 0.00000312. The highest BCUT2D eigenvalue weighted by molar-refractivity contribution is 14.0. The number of rotatable bonds is 6. The fourth-order valence-electron chi connectivity index (χ4n) is 2.68. The van der Waals surface area contributed by atoms with Crippen LogP contribution in [-0.4, -0.2) is 38.5 Å². The Morgan fingerprint density at radius 3 is 2.24 bits per heavy atom. The van der Waals surface area contributed by atoms with Gasteiger partial charge in [-0.25, -0.2) is 0 Å². The molecule has 0 saturated heterocycles. The number of aryl methyl sites for hydroxylation is 1. The third-order valence-electron chi connectivity index (χ3n) is 4.20. The van der Waals surface area contributed by atoms with E-state index >= 15 is 0 Å². The highest BCUT2D eigenvalue weighted by Crippen LogP contribution is 2.16. The molecule has 0 spiro atoms. The van der Waals surface area contributed by atoms with Crippen molar-refractivity contribution in [2.45, 2.75) is 19.5 Å². The Labute approximate surface area is 168 Å². The molecule has 1 atom stereocenters. The lowest BCUT2D eigenvalue weighted by Gasteiger charge is -2.26. The summed E-state index contributed by atoms with van der Waals surface area (Å²) in [5, 5.41) is 6.83. The van der Waals surface area contributed by atoms with Crippen molar-refractivity contribution in [2.24, 2.45) is 4.99 Å². The predicted octanol–water partition coefficient (Wildman–Crippen LogP) is 3.58. The maximum absolute atomic E-state index is 4.33. The van der Waals surface area contributed by atoms with E-state index in [2.05, 4.69) is 90.1 Å². The molecule has 136 valence electrons. The maximum atomic E-state index is 4.33. The third-order valence-corrected chi connectivity index (χ3v) is 4.20. The molecule has 2 aromatic rings. The Bertz CT molecular complexity index is 656. The Hall–Kier alpha value is -1.60. The minimum Gasteiger partial charge on any atom is -0.354 e. The predicted molar refractivity (Wildman–Crippen MR) is 118 cm³/mol. The summed E-state index contributed by atoms with van der Waals surface area (Å²) in [6, 6.07) is 19.2. The van der Waals surface area contributed by atoms with Gasteiger partial charge in [0, 0.05) is 20.1 Å². The number of nitrogens with zero attached hydrogens (tertiary/aromatic N) is 2. The van der Waals surface area contributed by atoms with Crippen LogP contribution in [0.3, 0.4) is 0 Å². The number of aliphatic imine (C=N–C) groups is 1. The number of guanidine groups is 1. The zero-order chi connectivity index (χ0) is 17.4. The first-order valence-electron chi connectivity index (χ1n) is 8.32. The van der Waals surface area contributed by atoms with Gasteiger partial charge >= 0.3 is 0 Å². The number of nitrogens with one attached hydrogen (secondary N) is 2. The van der Waals surface area contributed by atoms with Crippen LogP contribution in [0.4, 0.5) is 0 Å². The van der Waals surface area contributed by atoms with E-state index in [9.17, 15) is 0 Å². The van der Waals surface area contributed by atoms with Crippen LogP contribution in [0.2, 0.25) is 0 Å². The van der Waals surface area contributed by atoms with Crippen LogP contribution in [0.1, 0.15) is 22.7 Å². The van der Waals surface area contributed by atoms with Gasteiger partial charge in [0.2, 0.25) is 0 Å². The van der Waals surface area contributed by atoms with Crippen molar-refractivity contribution in [3.05, 3.63) is 71.3 Å². The van der Waals surface area contributed by atoms with Crippen molar-refractivity contribution in [3.63, 3.8) is 0 Å². The topological polar surface area (TPSA) is 39.7 Å². The second kappa shape index (κ2) is 11.1. The Morgan fingerprint density at radius 1 is 1.00 bits per heavy atom. The summed E-state index contributed by atoms with van der Waals surface area (Å²) in [5.41, 5.74) is 3.87. The number of halogens is 1. The van der Waals surface area contributed by atoms with Crippen LogP contribution >= 0.6 is 24.0 Å². The van der Waals surface area contributed by atoms with Crippen molar-refractivity contribution >= 4 is 29.9 Å². The summed E-state index contributed by atoms with van der Waals surface area (Å²) < 4.78 is 0. The summed E-state index contributed by atoms with van der Waals surface area (Å²) in [7, 11) is 6.01. The van der Waals surface area contributed by atoms with Gasteiger partial charge in [-0.1, -0.05) is 54.6 Å². The third kappa shape index (κ3) is 6.66. The molecule has 4 nitrogen and oxygen atoms in total. The van der Waals surface area contributed by atoms with E-state index in [0.29, 0.717) is 6.04 Å². The summed E-state index contributed by atoms with van der Waals surface area (Å²) in [6.07, 6.45) is 0. The molecule has 0 radical (unpaired) electrons. The molecule has 2 N–H and O–H groups in total. The molecule has 0 aliphatic rings. The molecule has 25 heavy (non-hydrogen) atoms. The molecule has 0 fully saturated rings. The number of hydrogen-bond donors (Lipinski definition) is 2. The van der Waals surface area contributed by atoms with Crippen molar-refractivity contribution < 1.29 is 0 Å². The van der Waals surface area contributed by atoms with Crippen molar-refractivity contribution in [1.82, 2.24) is 15.5 Å². The standard InChI is InChI=1S/C20H28N4.HI/c1-16-10-8-9-13-18(16)14-22-20(21-2)23-15-19(24(3)4)17-11-6-5-7-12-17;/h5-13,19H,14-15H2,1-4H3,(H2,21,22,23);1H. The molecule has 0 amide bonds. The molecular formula is C20H29IN4. The van der Waals surface area contributed by atoms with E-state index in [0.717, 1.165) is 19.0 Å². The first-order chi connectivity index (χ1) is 11.6. The number of hydrogen-bond acceptors (Lipinski definition) is 2. The highest BCUT2D eigenvalue weighted by atomic mass is 127. The van der Waals surface area contributed by atoms with Gasteiger partial charge in [-0.15, -0.1) is 24.0 Å². The quantitative estimate of drug-likeness (QED) is 0.400. The van der Waals surface area contributed by atoms with Crippen molar-refractivity contribution in [3.8, 4) is 0 Å². The normalized spacial score (nSPS) is 12.4. The average molecular weight is 452 g/mol. The van der Waals surface area contributed by atoms with Gasteiger partial charge in [-0.05, 0) is 37.7 Å². The first kappa shape index (κ1) is 21.4. The van der Waals surface area contributed by atoms with Crippen LogP contribution in [0.15, 0.2) is 59.6 Å². The molecule has 0 bridgehead atoms. The van der Waals surface area contributed by atoms with Crippen LogP contribution in [-0.2, 0) is 6.54 Å². The Kier molecular flexibility index (Phi) is 9.52. The van der Waals surface area contributed by atoms with Crippen molar-refractivity contribution in [2.75, 3.05) is 27.7 Å². The minimum absolute atomic E-state index is 0. The van der Waals surface area contributed by atoms with Gasteiger partial charge in [-0.3, -0.25) is 4.99 Å². The van der Waals surface area contributed by atoms with E-state index in [-0.39, 0.29) is 24.0 Å². The lowest BCUT2D eigenvalue weighted by Crippen LogP contribution is -2.41. The lowest BCUT2D eigenvalue weighted by molar-refractivity contribution is 0.298. The van der Waals surface area contributed by atoms with E-state index in [4.69, 9.17) is 0 Å². The van der Waals surface area contributed by atoms with E-state index in [1.54, 1.807) is 7.05 Å². The van der Waals surface area contributed by atoms with Crippen LogP contribution < -0.4 is 10.6 Å². The maximum Gasteiger partial charge on any atom is 0.191 e. The van der Waals surface area contributed by atoms with Gasteiger partial charge in [0.1, 0.15) is 0 Å². The molecule has 0 heterocycles. The summed E-state index contributed by atoms with van der Waals surface area (Å²) in [5.74, 6) is 0.820. The second-order valence-electron chi connectivity index (χ2n) is 6.12. The van der Waals surface area contributed by atoms with Gasteiger partial charge < -0.3 is 15.5 Å². The molecule has 2 rings (SSSR count). The number of benzene rings is 2. The van der Waals surface area contributed by atoms with Gasteiger partial charge in [0.25, 0.3) is 0 Å². The van der Waals surface area contributed by atoms with Crippen molar-refractivity contribution in [1.29, 1.82) is 0 Å². The van der Waals surface area contributed by atoms with E-state index in [1.165, 1.54) is 16.7 Å². The molecule has 0 saturated carbocycles. The zero-order valence-corrected chi connectivity index (χ0v) is 17.8. The molecule has 1 unspecified atom stereocenters. The zero-order valence-electron chi connectivity index (χ0n) is 15.5. The molecular weight excluding hydrogens is 423 g/mol. The molecule has 0 aromatic heterocycles. The molecule has 2 aromatic carbocycles. The fourth-order valence-corrected chi connectivity index (χ4v) is 2.68. The first-order valence-corrected chi connectivity index (χ1v) is 8.32. The molecule has 0 aliphatic heterocycles. The van der Waals surface area contributed by atoms with Gasteiger partial charge in [0.15, 0.2) is 5.96 Å². The monoisotopic (exact) mass is 452 g/mol. The van der Waals surface area contributed by atoms with Gasteiger partial charge in [0.05, 0.1) is 6.04 Å². The SMILES string of the molecule is CN=C(NCc1ccccc1C)NCC(c1ccccc1)N(C)C.I. The van der Waals surface area contributed by atoms with E-state index in [1.807, 2.05) is 6.07 Å². The second-order valence-corrected chi connectivity index (χ2v) is 6.12. The van der Waals surface area contributed by atoms with Crippen LogP contribution in [0, 0.1) is 6.92 Å². The average Bonchev–Trinajstić information content (AvgIpc) is 2.59. The van der Waals surface area contributed by atoms with E-state index < -0.39 is 0 Å². The lowest BCUT2D eigenvalue weighted by atomic mass is 10.1. The molecule has 0 aliphatic carbocycles. The van der Waals surface area contributed by atoms with Crippen LogP contribution in [0.5, 0.6) is 0 Å². The largest absolute Gasteiger partial charge is 0.354 e. The fraction of sp³-hybridized carbons (Fsp3) is 0.350. The minimum atomic E-state index is 0. The number of likely N-dealkylation sites (N-methyl/N-ethyl adjacent to an activating group) is 1. The smallest absolute Gasteiger partial charge is 0.191 e. The summed E-state index contributed by atoms with van der Waals surface area (Å²) in [4.78, 5) is 6.55. The molecule has 5 heteroatoms. The van der Waals surface area contributed by atoms with Crippen LogP contribution in [0.25, 0.3) is 0 Å². The summed E-state index contributed by atoms with van der Waals surface area (Å²) >= 11 is 0. The Morgan fingerprint density at radius 2 is 1.64 bits per heavy atom. The highest BCUT2D eigenvalue weighted by Gasteiger charge is 2.14.